The number of rotatable bonds is 8. The summed E-state index contributed by atoms with van der Waals surface area (Å²) in [5, 5.41) is 2.74. The number of ether oxygens (including phenoxy) is 3. The lowest BCUT2D eigenvalue weighted by atomic mass is 10.0. The molecule has 0 spiro atoms. The molecule has 1 atom stereocenters. The average molecular weight is 413 g/mol. The number of anilines is 1. The lowest BCUT2D eigenvalue weighted by Crippen LogP contribution is -2.30. The Labute approximate surface area is 173 Å². The van der Waals surface area contributed by atoms with Crippen LogP contribution in [0.2, 0.25) is 0 Å². The van der Waals surface area contributed by atoms with E-state index in [2.05, 4.69) is 10.1 Å². The minimum atomic E-state index is -2.97. The van der Waals surface area contributed by atoms with Crippen LogP contribution in [0.15, 0.2) is 72.8 Å². The zero-order valence-electron chi connectivity index (χ0n) is 16.5. The van der Waals surface area contributed by atoms with Gasteiger partial charge in [0.2, 0.25) is 0 Å². The zero-order valence-corrected chi connectivity index (χ0v) is 16.5. The van der Waals surface area contributed by atoms with Crippen LogP contribution >= 0.6 is 0 Å². The summed E-state index contributed by atoms with van der Waals surface area (Å²) in [4.78, 5) is 12.5. The molecule has 0 aliphatic rings. The molecule has 0 saturated carbocycles. The third-order valence-electron chi connectivity index (χ3n) is 4.29. The number of methoxy groups -OCH3 is 1. The van der Waals surface area contributed by atoms with Crippen LogP contribution in [0.4, 0.5) is 14.5 Å². The van der Waals surface area contributed by atoms with Crippen molar-refractivity contribution >= 4 is 11.6 Å². The van der Waals surface area contributed by atoms with Crippen LogP contribution < -0.4 is 19.5 Å². The van der Waals surface area contributed by atoms with Crippen molar-refractivity contribution in [3.05, 3.63) is 72.8 Å². The van der Waals surface area contributed by atoms with E-state index in [4.69, 9.17) is 9.47 Å². The average Bonchev–Trinajstić information content (AvgIpc) is 2.75. The van der Waals surface area contributed by atoms with Gasteiger partial charge < -0.3 is 19.5 Å². The van der Waals surface area contributed by atoms with Gasteiger partial charge in [-0.3, -0.25) is 4.79 Å². The highest BCUT2D eigenvalue weighted by molar-refractivity contribution is 5.95. The molecule has 0 heterocycles. The lowest BCUT2D eigenvalue weighted by Gasteiger charge is -2.17. The summed E-state index contributed by atoms with van der Waals surface area (Å²) in [6.45, 7) is -1.34. The number of para-hydroxylation sites is 1. The van der Waals surface area contributed by atoms with Crippen LogP contribution in [0.1, 0.15) is 6.92 Å². The summed E-state index contributed by atoms with van der Waals surface area (Å²) in [5.41, 5.74) is 1.47. The van der Waals surface area contributed by atoms with E-state index in [9.17, 15) is 13.6 Å². The van der Waals surface area contributed by atoms with Gasteiger partial charge in [0.1, 0.15) is 17.2 Å². The summed E-state index contributed by atoms with van der Waals surface area (Å²) in [6.07, 6.45) is -0.756. The summed E-state index contributed by atoms with van der Waals surface area (Å²) >= 11 is 0. The number of alkyl halides is 2. The molecule has 0 aliphatic carbocycles. The molecule has 3 aromatic rings. The number of amides is 1. The van der Waals surface area contributed by atoms with E-state index in [1.807, 2.05) is 18.2 Å². The predicted molar refractivity (Wildman–Crippen MR) is 110 cm³/mol. The molecular formula is C23H21F2NO4. The van der Waals surface area contributed by atoms with Gasteiger partial charge >= 0.3 is 6.61 Å². The van der Waals surface area contributed by atoms with Crippen LogP contribution in [-0.4, -0.2) is 25.7 Å². The number of halogens is 2. The van der Waals surface area contributed by atoms with Crippen molar-refractivity contribution in [2.75, 3.05) is 12.4 Å². The second-order valence-electron chi connectivity index (χ2n) is 6.38. The Morgan fingerprint density at radius 2 is 1.60 bits per heavy atom. The number of benzene rings is 3. The van der Waals surface area contributed by atoms with Crippen molar-refractivity contribution in [1.82, 2.24) is 0 Å². The first-order valence-electron chi connectivity index (χ1n) is 9.22. The number of hydrogen-bond acceptors (Lipinski definition) is 4. The van der Waals surface area contributed by atoms with Crippen molar-refractivity contribution in [1.29, 1.82) is 0 Å². The van der Waals surface area contributed by atoms with Gasteiger partial charge in [0.25, 0.3) is 5.91 Å². The molecule has 0 saturated heterocycles. The largest absolute Gasteiger partial charge is 0.497 e. The fourth-order valence-electron chi connectivity index (χ4n) is 2.80. The summed E-state index contributed by atoms with van der Waals surface area (Å²) in [7, 11) is 1.54. The van der Waals surface area contributed by atoms with Crippen LogP contribution in [0.3, 0.4) is 0 Å². The molecule has 0 bridgehead atoms. The maximum Gasteiger partial charge on any atom is 0.387 e. The number of nitrogens with one attached hydrogen (secondary N) is 1. The predicted octanol–water partition coefficient (Wildman–Crippen LogP) is 5.37. The lowest BCUT2D eigenvalue weighted by molar-refractivity contribution is -0.122. The topological polar surface area (TPSA) is 56.8 Å². The van der Waals surface area contributed by atoms with E-state index in [1.165, 1.54) is 19.2 Å². The number of carbonyl (C=O) groups excluding carboxylic acids is 1. The first kappa shape index (κ1) is 21.1. The van der Waals surface area contributed by atoms with Gasteiger partial charge in [-0.15, -0.1) is 0 Å². The van der Waals surface area contributed by atoms with Crippen LogP contribution in [0.25, 0.3) is 11.1 Å². The molecule has 3 aromatic carbocycles. The van der Waals surface area contributed by atoms with Gasteiger partial charge in [-0.05, 0) is 55.0 Å². The Morgan fingerprint density at radius 3 is 2.23 bits per heavy atom. The van der Waals surface area contributed by atoms with Gasteiger partial charge in [-0.2, -0.15) is 8.78 Å². The molecule has 1 N–H and O–H groups in total. The summed E-state index contributed by atoms with van der Waals surface area (Å²) < 4.78 is 41.0. The quantitative estimate of drug-likeness (QED) is 0.539. The monoisotopic (exact) mass is 413 g/mol. The van der Waals surface area contributed by atoms with Gasteiger partial charge in [0, 0.05) is 11.3 Å². The molecule has 3 rings (SSSR count). The Balaban J connectivity index is 1.81. The maximum absolute atomic E-state index is 12.8. The fraction of sp³-hybridized carbons (Fsp3) is 0.174. The first-order valence-corrected chi connectivity index (χ1v) is 9.22. The van der Waals surface area contributed by atoms with Gasteiger partial charge in [0.15, 0.2) is 6.10 Å². The number of carbonyl (C=O) groups is 1. The number of hydrogen-bond donors (Lipinski definition) is 1. The highest BCUT2D eigenvalue weighted by atomic mass is 19.3. The van der Waals surface area contributed by atoms with Crippen molar-refractivity contribution < 1.29 is 27.8 Å². The SMILES string of the molecule is COc1ccc(-c2cc(NC(=O)C(C)Oc3ccccc3)ccc2OC(F)F)cc1. The second-order valence-corrected chi connectivity index (χ2v) is 6.38. The van der Waals surface area contributed by atoms with E-state index in [0.717, 1.165) is 0 Å². The smallest absolute Gasteiger partial charge is 0.387 e. The molecule has 0 aliphatic heterocycles. The van der Waals surface area contributed by atoms with Gasteiger partial charge in [-0.1, -0.05) is 30.3 Å². The molecule has 5 nitrogen and oxygen atoms in total. The Bertz CT molecular complexity index is 978. The van der Waals surface area contributed by atoms with Crippen LogP contribution in [-0.2, 0) is 4.79 Å². The highest BCUT2D eigenvalue weighted by Crippen LogP contribution is 2.34. The molecular weight excluding hydrogens is 392 g/mol. The molecule has 0 radical (unpaired) electrons. The molecule has 156 valence electrons. The molecule has 1 unspecified atom stereocenters. The van der Waals surface area contributed by atoms with Gasteiger partial charge in [0.05, 0.1) is 7.11 Å². The minimum Gasteiger partial charge on any atom is -0.497 e. The second kappa shape index (κ2) is 9.73. The van der Waals surface area contributed by atoms with Crippen molar-refractivity contribution in [2.45, 2.75) is 19.6 Å². The third-order valence-corrected chi connectivity index (χ3v) is 4.29. The summed E-state index contributed by atoms with van der Waals surface area (Å²) in [6, 6.07) is 20.3. The van der Waals surface area contributed by atoms with E-state index in [0.29, 0.717) is 28.3 Å². The first-order chi connectivity index (χ1) is 14.5. The minimum absolute atomic E-state index is 0.00162. The maximum atomic E-state index is 12.8. The van der Waals surface area contributed by atoms with Crippen LogP contribution in [0.5, 0.6) is 17.2 Å². The van der Waals surface area contributed by atoms with E-state index in [-0.39, 0.29) is 11.7 Å². The van der Waals surface area contributed by atoms with Crippen molar-refractivity contribution in [2.24, 2.45) is 0 Å². The molecule has 0 fully saturated rings. The van der Waals surface area contributed by atoms with Crippen molar-refractivity contribution in [3.63, 3.8) is 0 Å². The Hall–Kier alpha value is -3.61. The Morgan fingerprint density at radius 1 is 0.900 bits per heavy atom. The fourth-order valence-corrected chi connectivity index (χ4v) is 2.80. The van der Waals surface area contributed by atoms with E-state index < -0.39 is 12.7 Å². The Kier molecular flexibility index (Phi) is 6.85. The van der Waals surface area contributed by atoms with Crippen LogP contribution in [0, 0.1) is 0 Å². The standard InChI is InChI=1S/C23H21F2NO4/c1-15(29-19-6-4-3-5-7-19)22(27)26-17-10-13-21(30-23(24)25)20(14-17)16-8-11-18(28-2)12-9-16/h3-15,23H,1-2H3,(H,26,27). The van der Waals surface area contributed by atoms with E-state index >= 15 is 0 Å². The molecule has 7 heteroatoms. The van der Waals surface area contributed by atoms with E-state index in [1.54, 1.807) is 49.4 Å². The molecule has 0 aromatic heterocycles. The normalized spacial score (nSPS) is 11.6. The third kappa shape index (κ3) is 5.47. The molecule has 30 heavy (non-hydrogen) atoms. The summed E-state index contributed by atoms with van der Waals surface area (Å²) in [5.74, 6) is 0.829. The molecule has 1 amide bonds. The zero-order chi connectivity index (χ0) is 21.5. The van der Waals surface area contributed by atoms with Crippen molar-refractivity contribution in [3.8, 4) is 28.4 Å². The van der Waals surface area contributed by atoms with Gasteiger partial charge in [-0.25, -0.2) is 0 Å². The highest BCUT2D eigenvalue weighted by Gasteiger charge is 2.17.